The van der Waals surface area contributed by atoms with Crippen LogP contribution in [0.25, 0.3) is 11.1 Å². The van der Waals surface area contributed by atoms with E-state index in [1.807, 2.05) is 50.2 Å². The van der Waals surface area contributed by atoms with Crippen molar-refractivity contribution in [1.29, 1.82) is 0 Å². The van der Waals surface area contributed by atoms with Gasteiger partial charge in [-0.1, -0.05) is 24.3 Å². The third kappa shape index (κ3) is 3.31. The van der Waals surface area contributed by atoms with Gasteiger partial charge >= 0.3 is 0 Å². The normalized spacial score (nSPS) is 13.4. The van der Waals surface area contributed by atoms with Crippen LogP contribution in [0.2, 0.25) is 0 Å². The number of amides is 1. The lowest BCUT2D eigenvalue weighted by molar-refractivity contribution is 0.0732. The average Bonchev–Trinajstić information content (AvgIpc) is 2.91. The Kier molecular flexibility index (Phi) is 4.74. The second kappa shape index (κ2) is 7.35. The minimum absolute atomic E-state index is 0.0807. The van der Waals surface area contributed by atoms with Gasteiger partial charge < -0.3 is 14.7 Å². The maximum Gasteiger partial charge on any atom is 0.256 e. The molecule has 3 aromatic rings. The summed E-state index contributed by atoms with van der Waals surface area (Å²) in [5, 5.41) is 10.6. The SMILES string of the molecule is Cc1ccncc1C(=O)N1CCOc2c(O)cc(-c3ccccc3C)cc2C1. The van der Waals surface area contributed by atoms with Crippen molar-refractivity contribution in [3.8, 4) is 22.6 Å². The first-order valence-electron chi connectivity index (χ1n) is 9.29. The monoisotopic (exact) mass is 374 g/mol. The summed E-state index contributed by atoms with van der Waals surface area (Å²) in [5.41, 5.74) is 5.35. The van der Waals surface area contributed by atoms with Crippen molar-refractivity contribution >= 4 is 5.91 Å². The van der Waals surface area contributed by atoms with Crippen molar-refractivity contribution in [1.82, 2.24) is 9.88 Å². The lowest BCUT2D eigenvalue weighted by Gasteiger charge is -2.21. The van der Waals surface area contributed by atoms with E-state index < -0.39 is 0 Å². The Labute approximate surface area is 164 Å². The first-order valence-corrected chi connectivity index (χ1v) is 9.29. The van der Waals surface area contributed by atoms with Gasteiger partial charge in [-0.15, -0.1) is 0 Å². The average molecular weight is 374 g/mol. The molecule has 1 N–H and O–H groups in total. The summed E-state index contributed by atoms with van der Waals surface area (Å²) < 4.78 is 5.79. The van der Waals surface area contributed by atoms with Gasteiger partial charge in [0.05, 0.1) is 12.1 Å². The van der Waals surface area contributed by atoms with Crippen molar-refractivity contribution in [2.75, 3.05) is 13.2 Å². The second-order valence-electron chi connectivity index (χ2n) is 7.06. The molecule has 0 saturated carbocycles. The number of benzene rings is 2. The first-order chi connectivity index (χ1) is 13.5. The number of fused-ring (bicyclic) bond motifs is 1. The summed E-state index contributed by atoms with van der Waals surface area (Å²) in [6.07, 6.45) is 3.28. The maximum absolute atomic E-state index is 13.0. The molecule has 5 heteroatoms. The number of nitrogens with zero attached hydrogens (tertiary/aromatic N) is 2. The molecule has 28 heavy (non-hydrogen) atoms. The quantitative estimate of drug-likeness (QED) is 0.733. The number of pyridine rings is 1. The number of aryl methyl sites for hydroxylation is 2. The summed E-state index contributed by atoms with van der Waals surface area (Å²) >= 11 is 0. The summed E-state index contributed by atoms with van der Waals surface area (Å²) in [7, 11) is 0. The molecule has 0 saturated heterocycles. The molecular formula is C23H22N2O3. The van der Waals surface area contributed by atoms with E-state index in [0.29, 0.717) is 31.0 Å². The highest BCUT2D eigenvalue weighted by Gasteiger charge is 2.24. The molecule has 0 bridgehead atoms. The van der Waals surface area contributed by atoms with Gasteiger partial charge in [0, 0.05) is 24.5 Å². The number of carbonyl (C=O) groups is 1. The smallest absolute Gasteiger partial charge is 0.256 e. The fourth-order valence-corrected chi connectivity index (χ4v) is 3.58. The van der Waals surface area contributed by atoms with Gasteiger partial charge in [0.25, 0.3) is 5.91 Å². The van der Waals surface area contributed by atoms with Gasteiger partial charge in [-0.3, -0.25) is 9.78 Å². The molecule has 2 heterocycles. The lowest BCUT2D eigenvalue weighted by atomic mass is 9.97. The molecule has 1 aliphatic rings. The molecule has 1 aliphatic heterocycles. The standard InChI is InChI=1S/C23H22N2O3/c1-15-5-3-4-6-19(15)17-11-18-14-25(9-10-28-22(18)21(26)12-17)23(27)20-13-24-8-7-16(20)2/h3-8,11-13,26H,9-10,14H2,1-2H3. The molecule has 142 valence electrons. The van der Waals surface area contributed by atoms with E-state index in [-0.39, 0.29) is 11.7 Å². The number of rotatable bonds is 2. The van der Waals surface area contributed by atoms with Crippen LogP contribution in [-0.4, -0.2) is 34.0 Å². The molecule has 0 atom stereocenters. The Morgan fingerprint density at radius 2 is 1.96 bits per heavy atom. The molecule has 0 radical (unpaired) electrons. The van der Waals surface area contributed by atoms with E-state index >= 15 is 0 Å². The number of phenols is 1. The fraction of sp³-hybridized carbons (Fsp3) is 0.217. The zero-order chi connectivity index (χ0) is 19.7. The zero-order valence-electron chi connectivity index (χ0n) is 16.0. The van der Waals surface area contributed by atoms with E-state index in [2.05, 4.69) is 4.98 Å². The van der Waals surface area contributed by atoms with Crippen LogP contribution in [-0.2, 0) is 6.54 Å². The number of aromatic hydroxyl groups is 1. The number of ether oxygens (including phenoxy) is 1. The highest BCUT2D eigenvalue weighted by atomic mass is 16.5. The third-order valence-corrected chi connectivity index (χ3v) is 5.13. The fourth-order valence-electron chi connectivity index (χ4n) is 3.58. The van der Waals surface area contributed by atoms with Crippen molar-refractivity contribution < 1.29 is 14.6 Å². The molecule has 0 spiro atoms. The van der Waals surface area contributed by atoms with Gasteiger partial charge in [-0.25, -0.2) is 0 Å². The Bertz CT molecular complexity index is 1050. The van der Waals surface area contributed by atoms with E-state index in [1.54, 1.807) is 23.4 Å². The summed E-state index contributed by atoms with van der Waals surface area (Å²) in [6, 6.07) is 13.6. The summed E-state index contributed by atoms with van der Waals surface area (Å²) in [6.45, 7) is 5.08. The highest BCUT2D eigenvalue weighted by Crippen LogP contribution is 2.38. The van der Waals surface area contributed by atoms with Crippen molar-refractivity contribution in [2.45, 2.75) is 20.4 Å². The Morgan fingerprint density at radius 1 is 1.14 bits per heavy atom. The lowest BCUT2D eigenvalue weighted by Crippen LogP contribution is -2.33. The Balaban J connectivity index is 1.72. The van der Waals surface area contributed by atoms with Crippen LogP contribution in [0.4, 0.5) is 0 Å². The minimum atomic E-state index is -0.0807. The third-order valence-electron chi connectivity index (χ3n) is 5.13. The minimum Gasteiger partial charge on any atom is -0.504 e. The van der Waals surface area contributed by atoms with Crippen LogP contribution in [0.1, 0.15) is 27.0 Å². The number of aromatic nitrogens is 1. The second-order valence-corrected chi connectivity index (χ2v) is 7.06. The van der Waals surface area contributed by atoms with Crippen molar-refractivity contribution in [3.63, 3.8) is 0 Å². The molecular weight excluding hydrogens is 352 g/mol. The van der Waals surface area contributed by atoms with E-state index in [4.69, 9.17) is 4.74 Å². The zero-order valence-corrected chi connectivity index (χ0v) is 16.0. The van der Waals surface area contributed by atoms with Crippen LogP contribution >= 0.6 is 0 Å². The van der Waals surface area contributed by atoms with Gasteiger partial charge in [0.15, 0.2) is 11.5 Å². The Hall–Kier alpha value is -3.34. The van der Waals surface area contributed by atoms with E-state index in [9.17, 15) is 9.90 Å². The molecule has 0 fully saturated rings. The predicted octanol–water partition coefficient (Wildman–Crippen LogP) is 4.11. The molecule has 5 nitrogen and oxygen atoms in total. The number of phenolic OH excluding ortho intramolecular Hbond substituents is 1. The topological polar surface area (TPSA) is 62.7 Å². The summed E-state index contributed by atoms with van der Waals surface area (Å²) in [5.74, 6) is 0.473. The molecule has 0 aliphatic carbocycles. The molecule has 0 unspecified atom stereocenters. The molecule has 2 aromatic carbocycles. The molecule has 1 amide bonds. The largest absolute Gasteiger partial charge is 0.504 e. The van der Waals surface area contributed by atoms with Gasteiger partial charge in [0.2, 0.25) is 0 Å². The van der Waals surface area contributed by atoms with E-state index in [0.717, 1.165) is 27.8 Å². The first kappa shape index (κ1) is 18.0. The summed E-state index contributed by atoms with van der Waals surface area (Å²) in [4.78, 5) is 18.9. The predicted molar refractivity (Wildman–Crippen MR) is 107 cm³/mol. The Morgan fingerprint density at radius 3 is 2.75 bits per heavy atom. The van der Waals surface area contributed by atoms with Crippen LogP contribution in [0.5, 0.6) is 11.5 Å². The number of hydrogen-bond acceptors (Lipinski definition) is 4. The van der Waals surface area contributed by atoms with Crippen LogP contribution < -0.4 is 4.74 Å². The number of carbonyl (C=O) groups excluding carboxylic acids is 1. The van der Waals surface area contributed by atoms with Crippen molar-refractivity contribution in [2.24, 2.45) is 0 Å². The van der Waals surface area contributed by atoms with Crippen LogP contribution in [0, 0.1) is 13.8 Å². The van der Waals surface area contributed by atoms with Gasteiger partial charge in [-0.2, -0.15) is 0 Å². The molecule has 4 rings (SSSR count). The van der Waals surface area contributed by atoms with Crippen molar-refractivity contribution in [3.05, 3.63) is 77.1 Å². The molecule has 1 aromatic heterocycles. The van der Waals surface area contributed by atoms with Gasteiger partial charge in [0.1, 0.15) is 6.61 Å². The van der Waals surface area contributed by atoms with Crippen LogP contribution in [0.3, 0.4) is 0 Å². The van der Waals surface area contributed by atoms with Gasteiger partial charge in [-0.05, 0) is 54.3 Å². The highest BCUT2D eigenvalue weighted by molar-refractivity contribution is 5.95. The van der Waals surface area contributed by atoms with Crippen LogP contribution in [0.15, 0.2) is 54.9 Å². The van der Waals surface area contributed by atoms with E-state index in [1.165, 1.54) is 0 Å². The number of hydrogen-bond donors (Lipinski definition) is 1. The maximum atomic E-state index is 13.0.